The van der Waals surface area contributed by atoms with Crippen molar-refractivity contribution in [1.29, 1.82) is 0 Å². The second-order valence-corrected chi connectivity index (χ2v) is 5.63. The van der Waals surface area contributed by atoms with Crippen LogP contribution in [0.4, 0.5) is 11.5 Å². The fourth-order valence-electron chi connectivity index (χ4n) is 3.08. The van der Waals surface area contributed by atoms with Gasteiger partial charge < -0.3 is 15.6 Å². The Balaban J connectivity index is 2.38. The van der Waals surface area contributed by atoms with E-state index in [0.29, 0.717) is 10.9 Å². The number of carboxylic acid groups (broad SMARTS) is 1. The van der Waals surface area contributed by atoms with Crippen molar-refractivity contribution in [2.24, 2.45) is 0 Å². The molecule has 0 amide bonds. The van der Waals surface area contributed by atoms with Crippen molar-refractivity contribution in [2.45, 2.75) is 0 Å². The molecule has 0 saturated heterocycles. The van der Waals surface area contributed by atoms with E-state index in [-0.39, 0.29) is 33.5 Å². The van der Waals surface area contributed by atoms with Crippen LogP contribution in [0, 0.1) is 10.1 Å². The first-order chi connectivity index (χ1) is 12.4. The van der Waals surface area contributed by atoms with E-state index in [2.05, 4.69) is 4.98 Å². The summed E-state index contributed by atoms with van der Waals surface area (Å²) in [5.41, 5.74) is 4.78. The molecule has 0 fully saturated rings. The summed E-state index contributed by atoms with van der Waals surface area (Å²) in [7, 11) is 0. The van der Waals surface area contributed by atoms with Gasteiger partial charge in [0.05, 0.1) is 21.8 Å². The third-order valence-electron chi connectivity index (χ3n) is 4.20. The maximum atomic E-state index is 13.0. The van der Waals surface area contributed by atoms with Gasteiger partial charge in [-0.2, -0.15) is 0 Å². The van der Waals surface area contributed by atoms with Gasteiger partial charge in [-0.15, -0.1) is 0 Å². The first kappa shape index (κ1) is 15.5. The van der Waals surface area contributed by atoms with Gasteiger partial charge in [-0.1, -0.05) is 12.1 Å². The molecule has 9 nitrogen and oxygen atoms in total. The predicted octanol–water partition coefficient (Wildman–Crippen LogP) is 0.855. The Bertz CT molecular complexity index is 1330. The van der Waals surface area contributed by atoms with E-state index >= 15 is 0 Å². The topological polar surface area (TPSA) is 144 Å². The number of nitrogen functional groups attached to an aromatic ring is 1. The highest BCUT2D eigenvalue weighted by molar-refractivity contribution is 6.09. The molecule has 128 valence electrons. The first-order valence-corrected chi connectivity index (χ1v) is 7.42. The first-order valence-electron chi connectivity index (χ1n) is 7.42. The zero-order chi connectivity index (χ0) is 18.6. The molecule has 9 heteroatoms. The number of pyridine rings is 1. The van der Waals surface area contributed by atoms with E-state index in [9.17, 15) is 24.8 Å². The molecule has 0 aliphatic carbocycles. The SMILES string of the molecule is Nc1nc2c(C(=O)[O-])c3ccc([N+](=O)[O-])cc3c(=O)n2c2ccccc12. The summed E-state index contributed by atoms with van der Waals surface area (Å²) < 4.78 is 1.09. The number of para-hydroxylation sites is 1. The second-order valence-electron chi connectivity index (χ2n) is 5.63. The number of nitro benzene ring substituents is 1. The molecule has 0 atom stereocenters. The van der Waals surface area contributed by atoms with Crippen LogP contribution in [0.1, 0.15) is 10.4 Å². The number of nitro groups is 1. The highest BCUT2D eigenvalue weighted by atomic mass is 16.6. The molecule has 0 aliphatic heterocycles. The standard InChI is InChI=1S/C17H10N4O5/c18-14-10-3-1-2-4-12(10)20-15(19-14)13(17(23)24)9-6-5-8(21(25)26)7-11(9)16(20)22/h1-7H,(H2,18,19)(H,23,24)/p-1. The number of nitrogens with two attached hydrogens (primary N) is 1. The van der Waals surface area contributed by atoms with Crippen LogP contribution < -0.4 is 16.4 Å². The van der Waals surface area contributed by atoms with Gasteiger partial charge in [-0.25, -0.2) is 4.98 Å². The third-order valence-corrected chi connectivity index (χ3v) is 4.20. The van der Waals surface area contributed by atoms with Crippen molar-refractivity contribution in [3.63, 3.8) is 0 Å². The Kier molecular flexibility index (Phi) is 3.13. The number of carbonyl (C=O) groups excluding carboxylic acids is 1. The van der Waals surface area contributed by atoms with E-state index in [0.717, 1.165) is 16.5 Å². The van der Waals surface area contributed by atoms with Gasteiger partial charge >= 0.3 is 0 Å². The molecule has 0 unspecified atom stereocenters. The molecule has 0 saturated carbocycles. The number of nitrogens with zero attached hydrogens (tertiary/aromatic N) is 3. The van der Waals surface area contributed by atoms with Crippen LogP contribution in [0.25, 0.3) is 27.3 Å². The fourth-order valence-corrected chi connectivity index (χ4v) is 3.08. The van der Waals surface area contributed by atoms with Gasteiger partial charge in [0.2, 0.25) is 0 Å². The Morgan fingerprint density at radius 1 is 1.12 bits per heavy atom. The average Bonchev–Trinajstić information content (AvgIpc) is 2.61. The monoisotopic (exact) mass is 349 g/mol. The molecule has 0 aliphatic rings. The van der Waals surface area contributed by atoms with Crippen LogP contribution in [0.5, 0.6) is 0 Å². The van der Waals surface area contributed by atoms with E-state index in [1.54, 1.807) is 24.3 Å². The minimum absolute atomic E-state index is 0.00258. The number of hydrogen-bond donors (Lipinski definition) is 1. The molecule has 2 aromatic heterocycles. The largest absolute Gasteiger partial charge is 0.545 e. The molecule has 2 heterocycles. The molecule has 26 heavy (non-hydrogen) atoms. The Hall–Kier alpha value is -4.01. The van der Waals surface area contributed by atoms with Crippen molar-refractivity contribution in [3.8, 4) is 0 Å². The molecular weight excluding hydrogens is 340 g/mol. The summed E-state index contributed by atoms with van der Waals surface area (Å²) in [6.07, 6.45) is 0. The van der Waals surface area contributed by atoms with Crippen LogP contribution in [-0.2, 0) is 0 Å². The highest BCUT2D eigenvalue weighted by Gasteiger charge is 2.19. The number of aromatic nitrogens is 2. The van der Waals surface area contributed by atoms with E-state index < -0.39 is 16.5 Å². The van der Waals surface area contributed by atoms with Crippen molar-refractivity contribution < 1.29 is 14.8 Å². The van der Waals surface area contributed by atoms with Gasteiger partial charge in [-0.3, -0.25) is 19.3 Å². The normalized spacial score (nSPS) is 11.2. The van der Waals surface area contributed by atoms with E-state index in [1.807, 2.05) is 0 Å². The minimum atomic E-state index is -1.57. The lowest BCUT2D eigenvalue weighted by Crippen LogP contribution is -2.27. The maximum absolute atomic E-state index is 13.0. The van der Waals surface area contributed by atoms with Gasteiger partial charge in [-0.05, 0) is 18.2 Å². The molecule has 4 aromatic rings. The van der Waals surface area contributed by atoms with E-state index in [4.69, 9.17) is 5.73 Å². The van der Waals surface area contributed by atoms with Crippen LogP contribution in [-0.4, -0.2) is 20.3 Å². The number of fused-ring (bicyclic) bond motifs is 4. The lowest BCUT2D eigenvalue weighted by atomic mass is 10.1. The zero-order valence-electron chi connectivity index (χ0n) is 13.0. The summed E-state index contributed by atoms with van der Waals surface area (Å²) in [6.45, 7) is 0. The number of benzene rings is 2. The Morgan fingerprint density at radius 2 is 1.85 bits per heavy atom. The number of carbonyl (C=O) groups is 1. The lowest BCUT2D eigenvalue weighted by molar-refractivity contribution is -0.384. The fraction of sp³-hybridized carbons (Fsp3) is 0. The highest BCUT2D eigenvalue weighted by Crippen LogP contribution is 2.27. The summed E-state index contributed by atoms with van der Waals surface area (Å²) in [4.78, 5) is 39.2. The molecule has 0 spiro atoms. The van der Waals surface area contributed by atoms with Crippen LogP contribution in [0.15, 0.2) is 47.3 Å². The number of anilines is 1. The Morgan fingerprint density at radius 3 is 2.54 bits per heavy atom. The van der Waals surface area contributed by atoms with Crippen LogP contribution >= 0.6 is 0 Å². The summed E-state index contributed by atoms with van der Waals surface area (Å²) >= 11 is 0. The van der Waals surface area contributed by atoms with Crippen molar-refractivity contribution in [1.82, 2.24) is 9.38 Å². The lowest BCUT2D eigenvalue weighted by Gasteiger charge is -2.15. The third kappa shape index (κ3) is 2.00. The second kappa shape index (κ2) is 5.24. The number of hydrogen-bond acceptors (Lipinski definition) is 7. The minimum Gasteiger partial charge on any atom is -0.545 e. The van der Waals surface area contributed by atoms with E-state index in [1.165, 1.54) is 6.07 Å². The number of rotatable bonds is 2. The van der Waals surface area contributed by atoms with Crippen molar-refractivity contribution >= 4 is 44.8 Å². The maximum Gasteiger partial charge on any atom is 0.270 e. The van der Waals surface area contributed by atoms with Crippen molar-refractivity contribution in [2.75, 3.05) is 5.73 Å². The summed E-state index contributed by atoms with van der Waals surface area (Å²) in [5, 5.41) is 23.1. The van der Waals surface area contributed by atoms with Gasteiger partial charge in [0.25, 0.3) is 11.2 Å². The van der Waals surface area contributed by atoms with Gasteiger partial charge in [0, 0.05) is 28.5 Å². The molecule has 2 N–H and O–H groups in total. The average molecular weight is 349 g/mol. The molecule has 4 rings (SSSR count). The van der Waals surface area contributed by atoms with Crippen LogP contribution in [0.3, 0.4) is 0 Å². The number of aromatic carboxylic acids is 1. The summed E-state index contributed by atoms with van der Waals surface area (Å²) in [5.74, 6) is -1.51. The predicted molar refractivity (Wildman–Crippen MR) is 91.9 cm³/mol. The molecule has 0 bridgehead atoms. The number of non-ortho nitro benzene ring substituents is 1. The molecular formula is C17H9N4O5-. The smallest absolute Gasteiger partial charge is 0.270 e. The van der Waals surface area contributed by atoms with Gasteiger partial charge in [0.1, 0.15) is 5.82 Å². The molecule has 2 aromatic carbocycles. The van der Waals surface area contributed by atoms with Crippen LogP contribution in [0.2, 0.25) is 0 Å². The molecule has 0 radical (unpaired) electrons. The zero-order valence-corrected chi connectivity index (χ0v) is 13.0. The quantitative estimate of drug-likeness (QED) is 0.244. The van der Waals surface area contributed by atoms with Gasteiger partial charge in [0.15, 0.2) is 5.65 Å². The Labute approximate surface area is 144 Å². The van der Waals surface area contributed by atoms with Crippen molar-refractivity contribution in [3.05, 3.63) is 68.5 Å². The number of carboxylic acids is 1. The summed E-state index contributed by atoms with van der Waals surface area (Å²) in [6, 6.07) is 9.94.